The third-order valence-electron chi connectivity index (χ3n) is 4.21. The second-order valence-corrected chi connectivity index (χ2v) is 6.44. The van der Waals surface area contributed by atoms with Crippen molar-refractivity contribution in [2.75, 3.05) is 26.8 Å². The Morgan fingerprint density at radius 3 is 2.86 bits per heavy atom. The van der Waals surface area contributed by atoms with E-state index in [1.165, 1.54) is 17.7 Å². The molecule has 1 aromatic carbocycles. The van der Waals surface area contributed by atoms with Crippen LogP contribution in [0.5, 0.6) is 0 Å². The molecule has 2 heterocycles. The van der Waals surface area contributed by atoms with Crippen LogP contribution in [0.3, 0.4) is 0 Å². The summed E-state index contributed by atoms with van der Waals surface area (Å²) in [6.07, 6.45) is 1.19. The molecular weight excluding hydrogens is 274 g/mol. The molecule has 3 rings (SSSR count). The van der Waals surface area contributed by atoms with E-state index in [1.807, 2.05) is 11.6 Å². The van der Waals surface area contributed by atoms with E-state index in [0.717, 1.165) is 37.7 Å². The van der Waals surface area contributed by atoms with Gasteiger partial charge in [0.2, 0.25) is 0 Å². The van der Waals surface area contributed by atoms with Crippen molar-refractivity contribution in [3.8, 4) is 5.69 Å². The van der Waals surface area contributed by atoms with E-state index in [1.54, 1.807) is 0 Å². The van der Waals surface area contributed by atoms with Gasteiger partial charge in [0, 0.05) is 25.4 Å². The third-order valence-corrected chi connectivity index (χ3v) is 4.21. The van der Waals surface area contributed by atoms with Crippen LogP contribution in [0.25, 0.3) is 5.69 Å². The molecule has 4 heteroatoms. The minimum atomic E-state index is 0.684. The van der Waals surface area contributed by atoms with Gasteiger partial charge in [-0.25, -0.2) is 4.68 Å². The molecule has 1 saturated heterocycles. The van der Waals surface area contributed by atoms with E-state index in [2.05, 4.69) is 54.3 Å². The van der Waals surface area contributed by atoms with E-state index in [9.17, 15) is 0 Å². The van der Waals surface area contributed by atoms with Crippen LogP contribution in [0.4, 0.5) is 0 Å². The Hall–Kier alpha value is -1.65. The Balaban J connectivity index is 1.69. The summed E-state index contributed by atoms with van der Waals surface area (Å²) in [4.78, 5) is 2.39. The molecule has 0 spiro atoms. The fourth-order valence-corrected chi connectivity index (χ4v) is 3.22. The van der Waals surface area contributed by atoms with Crippen LogP contribution < -0.4 is 0 Å². The number of aromatic nitrogens is 2. The number of benzene rings is 1. The van der Waals surface area contributed by atoms with Gasteiger partial charge in [-0.05, 0) is 57.0 Å². The highest BCUT2D eigenvalue weighted by Crippen LogP contribution is 2.17. The average molecular weight is 299 g/mol. The van der Waals surface area contributed by atoms with Crippen LogP contribution in [0.15, 0.2) is 30.3 Å². The molecule has 0 N–H and O–H groups in total. The van der Waals surface area contributed by atoms with Gasteiger partial charge in [0.15, 0.2) is 0 Å². The molecule has 0 saturated carbocycles. The zero-order chi connectivity index (χ0) is 15.5. The zero-order valence-corrected chi connectivity index (χ0v) is 13.7. The first-order valence-corrected chi connectivity index (χ1v) is 8.00. The van der Waals surface area contributed by atoms with E-state index < -0.39 is 0 Å². The van der Waals surface area contributed by atoms with Gasteiger partial charge < -0.3 is 9.64 Å². The minimum Gasteiger partial charge on any atom is -0.381 e. The maximum atomic E-state index is 5.46. The van der Waals surface area contributed by atoms with Crippen molar-refractivity contribution in [3.05, 3.63) is 47.3 Å². The Morgan fingerprint density at radius 1 is 1.32 bits per heavy atom. The Labute approximate surface area is 132 Å². The van der Waals surface area contributed by atoms with Gasteiger partial charge in [-0.1, -0.05) is 12.1 Å². The number of hydrogen-bond donors (Lipinski definition) is 0. The summed E-state index contributed by atoms with van der Waals surface area (Å²) in [6, 6.07) is 10.8. The Morgan fingerprint density at radius 2 is 2.18 bits per heavy atom. The van der Waals surface area contributed by atoms with Gasteiger partial charge in [0.25, 0.3) is 0 Å². The van der Waals surface area contributed by atoms with Gasteiger partial charge in [-0.15, -0.1) is 0 Å². The Kier molecular flexibility index (Phi) is 4.60. The normalized spacial score (nSPS) is 18.3. The monoisotopic (exact) mass is 299 g/mol. The van der Waals surface area contributed by atoms with Crippen LogP contribution in [-0.4, -0.2) is 41.5 Å². The lowest BCUT2D eigenvalue weighted by Crippen LogP contribution is -2.25. The largest absolute Gasteiger partial charge is 0.381 e. The van der Waals surface area contributed by atoms with Gasteiger partial charge in [-0.3, -0.25) is 0 Å². The Bertz CT molecular complexity index is 629. The second-order valence-electron chi connectivity index (χ2n) is 6.44. The van der Waals surface area contributed by atoms with Gasteiger partial charge in [-0.2, -0.15) is 5.10 Å². The highest BCUT2D eigenvalue weighted by Gasteiger charge is 2.17. The number of ether oxygens (including phenoxy) is 1. The lowest BCUT2D eigenvalue weighted by Gasteiger charge is -2.20. The topological polar surface area (TPSA) is 30.3 Å². The first-order chi connectivity index (χ1) is 10.6. The molecule has 1 fully saturated rings. The highest BCUT2D eigenvalue weighted by molar-refractivity contribution is 5.37. The molecule has 0 unspecified atom stereocenters. The van der Waals surface area contributed by atoms with Gasteiger partial charge in [0.1, 0.15) is 0 Å². The average Bonchev–Trinajstić information content (AvgIpc) is 3.08. The smallest absolute Gasteiger partial charge is 0.0651 e. The minimum absolute atomic E-state index is 0.684. The predicted molar refractivity (Wildman–Crippen MR) is 88.3 cm³/mol. The van der Waals surface area contributed by atoms with Crippen molar-refractivity contribution in [1.82, 2.24) is 14.7 Å². The number of nitrogens with zero attached hydrogens (tertiary/aromatic N) is 3. The third kappa shape index (κ3) is 3.57. The number of hydrogen-bond acceptors (Lipinski definition) is 3. The molecule has 1 aliphatic rings. The summed E-state index contributed by atoms with van der Waals surface area (Å²) >= 11 is 0. The standard InChI is InChI=1S/C18H25N3O/c1-14-9-15(2)21(19-14)18-6-4-5-16(10-18)11-20(3)12-17-7-8-22-13-17/h4-6,9-10,17H,7-8,11-13H2,1-3H3/t17-/m1/s1. The molecule has 0 bridgehead atoms. The number of aryl methyl sites for hydroxylation is 2. The maximum absolute atomic E-state index is 5.46. The van der Waals surface area contributed by atoms with Gasteiger partial charge in [0.05, 0.1) is 18.0 Å². The van der Waals surface area contributed by atoms with Crippen molar-refractivity contribution in [3.63, 3.8) is 0 Å². The van der Waals surface area contributed by atoms with Gasteiger partial charge >= 0.3 is 0 Å². The molecule has 1 atom stereocenters. The zero-order valence-electron chi connectivity index (χ0n) is 13.7. The summed E-state index contributed by atoms with van der Waals surface area (Å²) in [5, 5.41) is 4.57. The molecule has 22 heavy (non-hydrogen) atoms. The van der Waals surface area contributed by atoms with Crippen molar-refractivity contribution in [2.45, 2.75) is 26.8 Å². The molecule has 118 valence electrons. The van der Waals surface area contributed by atoms with Crippen LogP contribution >= 0.6 is 0 Å². The highest BCUT2D eigenvalue weighted by atomic mass is 16.5. The maximum Gasteiger partial charge on any atom is 0.0651 e. The van der Waals surface area contributed by atoms with Crippen molar-refractivity contribution in [2.24, 2.45) is 5.92 Å². The van der Waals surface area contributed by atoms with Crippen LogP contribution in [0.2, 0.25) is 0 Å². The summed E-state index contributed by atoms with van der Waals surface area (Å²) < 4.78 is 7.48. The summed E-state index contributed by atoms with van der Waals surface area (Å²) in [7, 11) is 2.19. The summed E-state index contributed by atoms with van der Waals surface area (Å²) in [6.45, 7) is 8.03. The van der Waals surface area contributed by atoms with E-state index in [-0.39, 0.29) is 0 Å². The first-order valence-electron chi connectivity index (χ1n) is 8.00. The van der Waals surface area contributed by atoms with Crippen LogP contribution in [-0.2, 0) is 11.3 Å². The lowest BCUT2D eigenvalue weighted by molar-refractivity contribution is 0.173. The molecule has 0 aliphatic carbocycles. The molecule has 0 amide bonds. The number of rotatable bonds is 5. The molecule has 4 nitrogen and oxygen atoms in total. The molecule has 2 aromatic rings. The summed E-state index contributed by atoms with van der Waals surface area (Å²) in [5.41, 5.74) is 4.69. The SMILES string of the molecule is Cc1cc(C)n(-c2cccc(CN(C)C[C@H]3CCOC3)c2)n1. The van der Waals surface area contributed by atoms with Crippen molar-refractivity contribution in [1.29, 1.82) is 0 Å². The van der Waals surface area contributed by atoms with Crippen LogP contribution in [0, 0.1) is 19.8 Å². The molecule has 1 aromatic heterocycles. The first kappa shape index (κ1) is 15.3. The van der Waals surface area contributed by atoms with E-state index in [0.29, 0.717) is 5.92 Å². The fraction of sp³-hybridized carbons (Fsp3) is 0.500. The molecule has 0 radical (unpaired) electrons. The predicted octanol–water partition coefficient (Wildman–Crippen LogP) is 2.96. The quantitative estimate of drug-likeness (QED) is 0.850. The van der Waals surface area contributed by atoms with E-state index in [4.69, 9.17) is 4.74 Å². The summed E-state index contributed by atoms with van der Waals surface area (Å²) in [5.74, 6) is 0.684. The van der Waals surface area contributed by atoms with Crippen molar-refractivity contribution < 1.29 is 4.74 Å². The lowest BCUT2D eigenvalue weighted by atomic mass is 10.1. The molecule has 1 aliphatic heterocycles. The second kappa shape index (κ2) is 6.63. The van der Waals surface area contributed by atoms with Crippen molar-refractivity contribution >= 4 is 0 Å². The van der Waals surface area contributed by atoms with E-state index >= 15 is 0 Å². The molecular formula is C18H25N3O. The fourth-order valence-electron chi connectivity index (χ4n) is 3.22. The van der Waals surface area contributed by atoms with Crippen LogP contribution in [0.1, 0.15) is 23.4 Å².